The van der Waals surface area contributed by atoms with Crippen LogP contribution in [0.3, 0.4) is 0 Å². The Morgan fingerprint density at radius 2 is 1.79 bits per heavy atom. The van der Waals surface area contributed by atoms with E-state index in [1.807, 2.05) is 20.8 Å². The summed E-state index contributed by atoms with van der Waals surface area (Å²) in [5, 5.41) is 9.51. The normalized spacial score (nSPS) is 42.9. The van der Waals surface area contributed by atoms with Crippen LogP contribution in [0.2, 0.25) is 0 Å². The number of hydrogen-bond acceptors (Lipinski definition) is 4. The summed E-state index contributed by atoms with van der Waals surface area (Å²) < 4.78 is 16.7. The van der Waals surface area contributed by atoms with Gasteiger partial charge in [0, 0.05) is 0 Å². The highest BCUT2D eigenvalue weighted by molar-refractivity contribution is 4.95. The number of ether oxygens (including phenoxy) is 3. The zero-order chi connectivity index (χ0) is 10.3. The van der Waals surface area contributed by atoms with Gasteiger partial charge in [0.15, 0.2) is 0 Å². The summed E-state index contributed by atoms with van der Waals surface area (Å²) in [6, 6.07) is 0. The molecule has 2 aliphatic heterocycles. The highest BCUT2D eigenvalue weighted by Crippen LogP contribution is 2.30. The van der Waals surface area contributed by atoms with Gasteiger partial charge in [-0.25, -0.2) is 0 Å². The van der Waals surface area contributed by atoms with E-state index in [4.69, 9.17) is 14.2 Å². The summed E-state index contributed by atoms with van der Waals surface area (Å²) in [6.07, 6.45) is -0.822. The molecule has 0 radical (unpaired) electrons. The van der Waals surface area contributed by atoms with Crippen LogP contribution < -0.4 is 0 Å². The molecular formula is C10H18O4. The molecule has 4 atom stereocenters. The van der Waals surface area contributed by atoms with Gasteiger partial charge in [-0.15, -0.1) is 0 Å². The topological polar surface area (TPSA) is 47.9 Å². The molecule has 14 heavy (non-hydrogen) atoms. The Kier molecular flexibility index (Phi) is 2.55. The van der Waals surface area contributed by atoms with Crippen molar-refractivity contribution in [2.24, 2.45) is 0 Å². The Labute approximate surface area is 84.1 Å². The molecular weight excluding hydrogens is 184 g/mol. The molecule has 0 bridgehead atoms. The molecule has 2 aliphatic rings. The van der Waals surface area contributed by atoms with E-state index >= 15 is 0 Å². The molecule has 4 heteroatoms. The first-order chi connectivity index (χ1) is 6.47. The van der Waals surface area contributed by atoms with E-state index < -0.39 is 6.10 Å². The molecule has 4 unspecified atom stereocenters. The molecule has 82 valence electrons. The highest BCUT2D eigenvalue weighted by Gasteiger charge is 2.48. The van der Waals surface area contributed by atoms with E-state index in [1.54, 1.807) is 0 Å². The van der Waals surface area contributed by atoms with Crippen LogP contribution in [0.25, 0.3) is 0 Å². The van der Waals surface area contributed by atoms with Gasteiger partial charge in [0.05, 0.1) is 18.8 Å². The summed E-state index contributed by atoms with van der Waals surface area (Å²) in [4.78, 5) is 0. The number of aliphatic hydroxyl groups excluding tert-OH is 1. The molecule has 2 heterocycles. The minimum absolute atomic E-state index is 0.0443. The lowest BCUT2D eigenvalue weighted by atomic mass is 10.1. The van der Waals surface area contributed by atoms with Gasteiger partial charge < -0.3 is 19.3 Å². The minimum atomic E-state index is -0.492. The molecule has 0 spiro atoms. The first-order valence-corrected chi connectivity index (χ1v) is 5.06. The number of hydrogen-bond donors (Lipinski definition) is 1. The van der Waals surface area contributed by atoms with Crippen molar-refractivity contribution in [3.8, 4) is 0 Å². The summed E-state index contributed by atoms with van der Waals surface area (Å²) in [6.45, 7) is 6.89. The fourth-order valence-electron chi connectivity index (χ4n) is 2.00. The van der Waals surface area contributed by atoms with Gasteiger partial charge in [0.25, 0.3) is 0 Å². The quantitative estimate of drug-likeness (QED) is 0.665. The summed E-state index contributed by atoms with van der Waals surface area (Å²) in [5.41, 5.74) is -0.195. The van der Waals surface area contributed by atoms with Crippen LogP contribution in [0.15, 0.2) is 0 Å². The average molecular weight is 202 g/mol. The van der Waals surface area contributed by atoms with Crippen LogP contribution in [0, 0.1) is 0 Å². The Bertz CT molecular complexity index is 211. The van der Waals surface area contributed by atoms with E-state index in [0.29, 0.717) is 13.2 Å². The maximum absolute atomic E-state index is 9.51. The van der Waals surface area contributed by atoms with Crippen LogP contribution in [0.5, 0.6) is 0 Å². The van der Waals surface area contributed by atoms with Crippen LogP contribution in [0.1, 0.15) is 20.8 Å². The molecule has 0 aromatic carbocycles. The van der Waals surface area contributed by atoms with Gasteiger partial charge >= 0.3 is 0 Å². The second-order valence-electron chi connectivity index (χ2n) is 4.93. The van der Waals surface area contributed by atoms with E-state index in [1.165, 1.54) is 0 Å². The van der Waals surface area contributed by atoms with Gasteiger partial charge in [-0.3, -0.25) is 0 Å². The second kappa shape index (κ2) is 3.45. The molecule has 4 nitrogen and oxygen atoms in total. The second-order valence-corrected chi connectivity index (χ2v) is 4.93. The third-order valence-corrected chi connectivity index (χ3v) is 2.49. The van der Waals surface area contributed by atoms with Crippen molar-refractivity contribution in [3.05, 3.63) is 0 Å². The first-order valence-electron chi connectivity index (χ1n) is 5.06. The lowest BCUT2D eigenvalue weighted by Gasteiger charge is -2.26. The van der Waals surface area contributed by atoms with Gasteiger partial charge in [-0.2, -0.15) is 0 Å². The van der Waals surface area contributed by atoms with Crippen molar-refractivity contribution < 1.29 is 19.3 Å². The SMILES string of the molecule is CC(C)(C)OC1COC2C(O)COC12. The fourth-order valence-corrected chi connectivity index (χ4v) is 2.00. The van der Waals surface area contributed by atoms with Crippen molar-refractivity contribution in [2.75, 3.05) is 13.2 Å². The van der Waals surface area contributed by atoms with Crippen LogP contribution in [-0.2, 0) is 14.2 Å². The maximum atomic E-state index is 9.51. The molecule has 2 saturated heterocycles. The molecule has 1 N–H and O–H groups in total. The lowest BCUT2D eigenvalue weighted by Crippen LogP contribution is -2.37. The zero-order valence-electron chi connectivity index (χ0n) is 8.90. The van der Waals surface area contributed by atoms with Crippen molar-refractivity contribution in [2.45, 2.75) is 50.8 Å². The van der Waals surface area contributed by atoms with E-state index in [0.717, 1.165) is 0 Å². The van der Waals surface area contributed by atoms with E-state index in [9.17, 15) is 5.11 Å². The third kappa shape index (κ3) is 1.93. The molecule has 2 fully saturated rings. The van der Waals surface area contributed by atoms with E-state index in [2.05, 4.69) is 0 Å². The minimum Gasteiger partial charge on any atom is -0.388 e. The fraction of sp³-hybridized carbons (Fsp3) is 1.00. The van der Waals surface area contributed by atoms with Crippen LogP contribution in [0.4, 0.5) is 0 Å². The summed E-state index contributed by atoms with van der Waals surface area (Å²) >= 11 is 0. The van der Waals surface area contributed by atoms with Gasteiger partial charge in [-0.1, -0.05) is 0 Å². The van der Waals surface area contributed by atoms with Crippen LogP contribution in [-0.4, -0.2) is 48.3 Å². The molecule has 0 amide bonds. The predicted octanol–water partition coefficient (Wildman–Crippen LogP) is 0.329. The standard InChI is InChI=1S/C10H18O4/c1-10(2,3)14-7-5-13-8-6(11)4-12-9(7)8/h6-9,11H,4-5H2,1-3H3. The summed E-state index contributed by atoms with van der Waals surface area (Å²) in [5.74, 6) is 0. The zero-order valence-corrected chi connectivity index (χ0v) is 8.90. The molecule has 0 aliphatic carbocycles. The number of fused-ring (bicyclic) bond motifs is 1. The number of rotatable bonds is 1. The smallest absolute Gasteiger partial charge is 0.115 e. The number of aliphatic hydroxyl groups is 1. The Balaban J connectivity index is 1.97. The third-order valence-electron chi connectivity index (χ3n) is 2.49. The monoisotopic (exact) mass is 202 g/mol. The molecule has 2 rings (SSSR count). The van der Waals surface area contributed by atoms with Gasteiger partial charge in [0.2, 0.25) is 0 Å². The average Bonchev–Trinajstić information content (AvgIpc) is 2.55. The largest absolute Gasteiger partial charge is 0.388 e. The van der Waals surface area contributed by atoms with Crippen molar-refractivity contribution in [1.82, 2.24) is 0 Å². The Hall–Kier alpha value is -0.160. The van der Waals surface area contributed by atoms with Gasteiger partial charge in [-0.05, 0) is 20.8 Å². The summed E-state index contributed by atoms with van der Waals surface area (Å²) in [7, 11) is 0. The van der Waals surface area contributed by atoms with Crippen molar-refractivity contribution >= 4 is 0 Å². The highest BCUT2D eigenvalue weighted by atomic mass is 16.6. The maximum Gasteiger partial charge on any atom is 0.115 e. The Morgan fingerprint density at radius 3 is 2.43 bits per heavy atom. The molecule has 0 saturated carbocycles. The van der Waals surface area contributed by atoms with E-state index in [-0.39, 0.29) is 23.9 Å². The predicted molar refractivity (Wildman–Crippen MR) is 50.1 cm³/mol. The Morgan fingerprint density at radius 1 is 1.14 bits per heavy atom. The van der Waals surface area contributed by atoms with Crippen molar-refractivity contribution in [3.63, 3.8) is 0 Å². The molecule has 0 aromatic rings. The van der Waals surface area contributed by atoms with Gasteiger partial charge in [0.1, 0.15) is 24.4 Å². The lowest BCUT2D eigenvalue weighted by molar-refractivity contribution is -0.104. The van der Waals surface area contributed by atoms with Crippen molar-refractivity contribution in [1.29, 1.82) is 0 Å². The molecule has 0 aromatic heterocycles. The first kappa shape index (κ1) is 10.4. The van der Waals surface area contributed by atoms with Crippen LogP contribution >= 0.6 is 0 Å².